The molecule has 6 nitrogen and oxygen atoms in total. The summed E-state index contributed by atoms with van der Waals surface area (Å²) in [5.41, 5.74) is 4.64. The van der Waals surface area contributed by atoms with Crippen LogP contribution in [0.15, 0.2) is 84.0 Å². The molecule has 7 heteroatoms. The number of amides is 2. The van der Waals surface area contributed by atoms with Crippen LogP contribution in [0.25, 0.3) is 0 Å². The van der Waals surface area contributed by atoms with Crippen LogP contribution in [0.5, 0.6) is 5.75 Å². The molecule has 0 heterocycles. The molecule has 30 heavy (non-hydrogen) atoms. The van der Waals surface area contributed by atoms with Crippen molar-refractivity contribution in [3.63, 3.8) is 0 Å². The number of hydrogen-bond acceptors (Lipinski definition) is 4. The van der Waals surface area contributed by atoms with Gasteiger partial charge >= 0.3 is 0 Å². The van der Waals surface area contributed by atoms with E-state index in [4.69, 9.17) is 16.3 Å². The van der Waals surface area contributed by atoms with Gasteiger partial charge in [0.05, 0.1) is 12.8 Å². The van der Waals surface area contributed by atoms with Crippen molar-refractivity contribution in [2.75, 3.05) is 6.54 Å². The summed E-state index contributed by atoms with van der Waals surface area (Å²) in [6, 6.07) is 23.7. The fourth-order valence-corrected chi connectivity index (χ4v) is 2.69. The Bertz CT molecular complexity index is 1020. The maximum absolute atomic E-state index is 12.0. The molecule has 2 N–H and O–H groups in total. The minimum Gasteiger partial charge on any atom is -0.489 e. The maximum atomic E-state index is 12.0. The highest BCUT2D eigenvalue weighted by atomic mass is 35.5. The lowest BCUT2D eigenvalue weighted by Gasteiger charge is -2.06. The Balaban J connectivity index is 1.41. The summed E-state index contributed by atoms with van der Waals surface area (Å²) in [6.07, 6.45) is 1.51. The molecule has 0 saturated carbocycles. The molecule has 3 rings (SSSR count). The first kappa shape index (κ1) is 21.1. The Morgan fingerprint density at radius 3 is 2.47 bits per heavy atom. The first-order valence-electron chi connectivity index (χ1n) is 9.22. The normalized spacial score (nSPS) is 10.6. The van der Waals surface area contributed by atoms with Crippen LogP contribution in [0.3, 0.4) is 0 Å². The summed E-state index contributed by atoms with van der Waals surface area (Å²) in [4.78, 5) is 23.8. The van der Waals surface area contributed by atoms with Gasteiger partial charge in [0.25, 0.3) is 11.8 Å². The predicted octanol–water partition coefficient (Wildman–Crippen LogP) is 3.80. The first-order valence-corrected chi connectivity index (χ1v) is 9.60. The van der Waals surface area contributed by atoms with Crippen molar-refractivity contribution in [2.45, 2.75) is 6.61 Å². The van der Waals surface area contributed by atoms with Gasteiger partial charge in [-0.25, -0.2) is 5.43 Å². The van der Waals surface area contributed by atoms with Crippen LogP contribution in [-0.4, -0.2) is 24.6 Å². The van der Waals surface area contributed by atoms with Crippen LogP contribution < -0.4 is 15.5 Å². The average molecular weight is 422 g/mol. The van der Waals surface area contributed by atoms with E-state index in [1.165, 1.54) is 12.3 Å². The molecule has 3 aromatic rings. The second-order valence-electron chi connectivity index (χ2n) is 6.33. The number of hydrogen-bond donors (Lipinski definition) is 2. The minimum atomic E-state index is -0.440. The monoisotopic (exact) mass is 421 g/mol. The van der Waals surface area contributed by atoms with Gasteiger partial charge in [0, 0.05) is 10.6 Å². The molecule has 0 saturated heterocycles. The quantitative estimate of drug-likeness (QED) is 0.429. The molecule has 0 aliphatic rings. The Labute approximate surface area is 179 Å². The first-order chi connectivity index (χ1) is 14.6. The second kappa shape index (κ2) is 10.8. The zero-order valence-corrected chi connectivity index (χ0v) is 16.8. The van der Waals surface area contributed by atoms with Gasteiger partial charge in [-0.05, 0) is 53.6 Å². The highest BCUT2D eigenvalue weighted by Gasteiger charge is 2.07. The topological polar surface area (TPSA) is 79.8 Å². The molecule has 152 valence electrons. The van der Waals surface area contributed by atoms with Crippen molar-refractivity contribution in [2.24, 2.45) is 5.10 Å². The lowest BCUT2D eigenvalue weighted by molar-refractivity contribution is -0.120. The lowest BCUT2D eigenvalue weighted by Crippen LogP contribution is -2.34. The molecule has 0 spiro atoms. The van der Waals surface area contributed by atoms with Crippen LogP contribution in [0, 0.1) is 0 Å². The molecule has 3 aromatic carbocycles. The Hall–Kier alpha value is -3.64. The van der Waals surface area contributed by atoms with E-state index in [1.54, 1.807) is 18.2 Å². The lowest BCUT2D eigenvalue weighted by atomic mass is 10.2. The number of nitrogens with zero attached hydrogens (tertiary/aromatic N) is 1. The standard InChI is InChI=1S/C23H20ClN3O3/c24-20-8-4-7-19(13-20)23(29)25-15-22(28)27-26-14-17-9-11-21(12-10-17)30-16-18-5-2-1-3-6-18/h1-14H,15-16H2,(H,25,29)(H,27,28). The van der Waals surface area contributed by atoms with E-state index in [0.717, 1.165) is 16.9 Å². The SMILES string of the molecule is O=C(CNC(=O)c1cccc(Cl)c1)NN=Cc1ccc(OCc2ccccc2)cc1. The number of nitrogens with one attached hydrogen (secondary N) is 2. The van der Waals surface area contributed by atoms with Crippen molar-refractivity contribution in [3.8, 4) is 5.75 Å². The van der Waals surface area contributed by atoms with Crippen LogP contribution in [0.4, 0.5) is 0 Å². The Kier molecular flexibility index (Phi) is 7.58. The van der Waals surface area contributed by atoms with Crippen LogP contribution in [-0.2, 0) is 11.4 Å². The number of ether oxygens (including phenoxy) is 1. The maximum Gasteiger partial charge on any atom is 0.259 e. The number of carbonyl (C=O) groups is 2. The van der Waals surface area contributed by atoms with E-state index in [9.17, 15) is 9.59 Å². The highest BCUT2D eigenvalue weighted by molar-refractivity contribution is 6.31. The molecule has 0 aliphatic carbocycles. The third-order valence-electron chi connectivity index (χ3n) is 4.03. The van der Waals surface area contributed by atoms with Gasteiger partial charge in [-0.3, -0.25) is 9.59 Å². The van der Waals surface area contributed by atoms with E-state index < -0.39 is 5.91 Å². The molecule has 2 amide bonds. The van der Waals surface area contributed by atoms with Crippen LogP contribution in [0.1, 0.15) is 21.5 Å². The summed E-state index contributed by atoms with van der Waals surface area (Å²) in [6.45, 7) is 0.292. The smallest absolute Gasteiger partial charge is 0.259 e. The molecule has 0 fully saturated rings. The van der Waals surface area contributed by atoms with E-state index >= 15 is 0 Å². The van der Waals surface area contributed by atoms with Gasteiger partial charge < -0.3 is 10.1 Å². The van der Waals surface area contributed by atoms with Crippen LogP contribution in [0.2, 0.25) is 5.02 Å². The molecule has 0 bridgehead atoms. The van der Waals surface area contributed by atoms with E-state index in [0.29, 0.717) is 17.2 Å². The van der Waals surface area contributed by atoms with Crippen molar-refractivity contribution >= 4 is 29.6 Å². The third-order valence-corrected chi connectivity index (χ3v) is 4.26. The second-order valence-corrected chi connectivity index (χ2v) is 6.77. The van der Waals surface area contributed by atoms with Gasteiger partial charge in [0.2, 0.25) is 0 Å². The summed E-state index contributed by atoms with van der Waals surface area (Å²) in [7, 11) is 0. The number of rotatable bonds is 8. The molecule has 0 atom stereocenters. The van der Waals surface area contributed by atoms with Gasteiger partial charge in [0.15, 0.2) is 0 Å². The minimum absolute atomic E-state index is 0.199. The number of benzene rings is 3. The molecular formula is C23H20ClN3O3. The van der Waals surface area contributed by atoms with Gasteiger partial charge in [-0.15, -0.1) is 0 Å². The Morgan fingerprint density at radius 1 is 0.967 bits per heavy atom. The zero-order valence-electron chi connectivity index (χ0n) is 16.0. The fourth-order valence-electron chi connectivity index (χ4n) is 2.50. The molecule has 0 aromatic heterocycles. The van der Waals surface area contributed by atoms with Gasteiger partial charge in [-0.1, -0.05) is 48.0 Å². The Morgan fingerprint density at radius 2 is 1.73 bits per heavy atom. The van der Waals surface area contributed by atoms with E-state index in [2.05, 4.69) is 15.8 Å². The molecular weight excluding hydrogens is 402 g/mol. The molecule has 0 aliphatic heterocycles. The summed E-state index contributed by atoms with van der Waals surface area (Å²) < 4.78 is 5.73. The van der Waals surface area contributed by atoms with Gasteiger partial charge in [-0.2, -0.15) is 5.10 Å². The summed E-state index contributed by atoms with van der Waals surface area (Å²) in [5, 5.41) is 6.85. The average Bonchev–Trinajstić information content (AvgIpc) is 2.77. The van der Waals surface area contributed by atoms with Crippen molar-refractivity contribution < 1.29 is 14.3 Å². The summed E-state index contributed by atoms with van der Waals surface area (Å²) >= 11 is 5.85. The van der Waals surface area contributed by atoms with Gasteiger partial charge in [0.1, 0.15) is 12.4 Å². The van der Waals surface area contributed by atoms with E-state index in [1.807, 2.05) is 54.6 Å². The van der Waals surface area contributed by atoms with Crippen molar-refractivity contribution in [1.29, 1.82) is 0 Å². The van der Waals surface area contributed by atoms with Crippen LogP contribution >= 0.6 is 11.6 Å². The van der Waals surface area contributed by atoms with Crippen molar-refractivity contribution in [1.82, 2.24) is 10.7 Å². The number of hydrazone groups is 1. The summed E-state index contributed by atoms with van der Waals surface area (Å²) in [5.74, 6) is -0.0871. The van der Waals surface area contributed by atoms with Crippen molar-refractivity contribution in [3.05, 3.63) is 101 Å². The molecule has 0 unspecified atom stereocenters. The number of halogens is 1. The fraction of sp³-hybridized carbons (Fsp3) is 0.0870. The highest BCUT2D eigenvalue weighted by Crippen LogP contribution is 2.13. The zero-order chi connectivity index (χ0) is 21.2. The number of carbonyl (C=O) groups excluding carboxylic acids is 2. The molecule has 0 radical (unpaired) electrons. The third kappa shape index (κ3) is 6.76. The largest absolute Gasteiger partial charge is 0.489 e. The van der Waals surface area contributed by atoms with E-state index in [-0.39, 0.29) is 12.5 Å². The predicted molar refractivity (Wildman–Crippen MR) is 117 cm³/mol.